The van der Waals surface area contributed by atoms with Crippen LogP contribution in [-0.4, -0.2) is 126 Å². The highest BCUT2D eigenvalue weighted by molar-refractivity contribution is 5.88. The van der Waals surface area contributed by atoms with Crippen LogP contribution in [0.15, 0.2) is 11.6 Å². The van der Waals surface area contributed by atoms with Crippen LogP contribution in [-0.2, 0) is 47.5 Å². The van der Waals surface area contributed by atoms with E-state index in [1.54, 1.807) is 40.9 Å². The number of carbonyl (C=O) groups is 2. The Balaban J connectivity index is 1.06. The minimum Gasteiger partial charge on any atom is -0.456 e. The summed E-state index contributed by atoms with van der Waals surface area (Å²) >= 11 is 0. The Morgan fingerprint density at radius 3 is 2.23 bits per heavy atom. The summed E-state index contributed by atoms with van der Waals surface area (Å²) in [5.74, 6) is -0.791. The van der Waals surface area contributed by atoms with Crippen LogP contribution in [0.3, 0.4) is 0 Å². The fraction of sp³-hybridized carbons (Fsp3) is 0.900. The van der Waals surface area contributed by atoms with Gasteiger partial charge >= 0.3 is 5.97 Å². The number of Topliss-reactive ketones (excluding diaryl/α,β-unsaturated/α-hetero) is 1. The third kappa shape index (κ3) is 5.84. The van der Waals surface area contributed by atoms with Crippen molar-refractivity contribution in [1.82, 2.24) is 0 Å². The summed E-state index contributed by atoms with van der Waals surface area (Å²) < 4.78 is 49.7. The van der Waals surface area contributed by atoms with Crippen LogP contribution in [0, 0.1) is 28.6 Å². The molecule has 0 bridgehead atoms. The van der Waals surface area contributed by atoms with E-state index in [0.717, 1.165) is 32.1 Å². The number of fused-ring (bicyclic) bond motifs is 2. The number of esters is 1. The quantitative estimate of drug-likeness (QED) is 0.136. The number of rotatable bonds is 9. The third-order valence-corrected chi connectivity index (χ3v) is 15.3. The topological polar surface area (TPSA) is 172 Å². The van der Waals surface area contributed by atoms with Gasteiger partial charge in [0.25, 0.3) is 0 Å². The van der Waals surface area contributed by atoms with Crippen molar-refractivity contribution in [3.8, 4) is 0 Å². The molecule has 13 unspecified atom stereocenters. The SMILES string of the molecule is C/C=C(\C)C(=O)O[C@H]1C2C3(CCC4C[C@@H](OC5CC(OC)C(OC6OC(C)C(O)C(OC)C6O)C(C)O5)CC[C@@]42C)OC32CC[C@H](C(C)=O)[C@@]2(C)[C@@H]1O. The highest BCUT2D eigenvalue weighted by atomic mass is 16.7. The first-order chi connectivity index (χ1) is 25.0. The molecule has 7 aliphatic rings. The van der Waals surface area contributed by atoms with Crippen molar-refractivity contribution < 1.29 is 62.8 Å². The maximum atomic E-state index is 13.4. The maximum absolute atomic E-state index is 13.4. The molecule has 0 aromatic heterocycles. The van der Waals surface area contributed by atoms with Gasteiger partial charge in [-0.3, -0.25) is 4.79 Å². The summed E-state index contributed by atoms with van der Waals surface area (Å²) in [4.78, 5) is 26.4. The molecule has 7 rings (SSSR count). The number of carbonyl (C=O) groups excluding carboxylic acids is 2. The fourth-order valence-corrected chi connectivity index (χ4v) is 12.3. The first kappa shape index (κ1) is 39.7. The Labute approximate surface area is 313 Å². The predicted octanol–water partition coefficient (Wildman–Crippen LogP) is 3.37. The second-order valence-corrected chi connectivity index (χ2v) is 17.6. The smallest absolute Gasteiger partial charge is 0.333 e. The van der Waals surface area contributed by atoms with E-state index in [1.165, 1.54) is 7.11 Å². The molecule has 300 valence electrons. The summed E-state index contributed by atoms with van der Waals surface area (Å²) in [6.45, 7) is 13.0. The van der Waals surface area contributed by atoms with Crippen molar-refractivity contribution >= 4 is 11.8 Å². The van der Waals surface area contributed by atoms with Gasteiger partial charge in [-0.05, 0) is 90.9 Å². The highest BCUT2D eigenvalue weighted by Gasteiger charge is 2.90. The molecule has 4 saturated carbocycles. The van der Waals surface area contributed by atoms with Gasteiger partial charge in [0.05, 0.1) is 24.4 Å². The minimum absolute atomic E-state index is 0.0433. The molecule has 0 aromatic carbocycles. The number of ketones is 1. The molecule has 3 heterocycles. The summed E-state index contributed by atoms with van der Waals surface area (Å²) in [5, 5.41) is 33.6. The van der Waals surface area contributed by atoms with Gasteiger partial charge in [-0.1, -0.05) is 19.9 Å². The lowest BCUT2D eigenvalue weighted by Gasteiger charge is -2.61. The third-order valence-electron chi connectivity index (χ3n) is 15.3. The largest absolute Gasteiger partial charge is 0.456 e. The average Bonchev–Trinajstić information content (AvgIpc) is 3.67. The number of aliphatic hydroxyl groups is 3. The van der Waals surface area contributed by atoms with Gasteiger partial charge in [0.15, 0.2) is 12.6 Å². The average molecular weight is 751 g/mol. The van der Waals surface area contributed by atoms with Crippen LogP contribution in [0.2, 0.25) is 0 Å². The first-order valence-electron chi connectivity index (χ1n) is 19.8. The van der Waals surface area contributed by atoms with E-state index in [1.807, 2.05) is 13.8 Å². The zero-order valence-corrected chi connectivity index (χ0v) is 32.8. The van der Waals surface area contributed by atoms with Gasteiger partial charge < -0.3 is 53.2 Å². The van der Waals surface area contributed by atoms with Crippen LogP contribution >= 0.6 is 0 Å². The molecule has 0 aromatic rings. The van der Waals surface area contributed by atoms with Gasteiger partial charge in [-0.2, -0.15) is 0 Å². The molecule has 19 atom stereocenters. The Bertz CT molecular complexity index is 1440. The zero-order chi connectivity index (χ0) is 38.4. The molecule has 2 spiro atoms. The van der Waals surface area contributed by atoms with Crippen LogP contribution < -0.4 is 0 Å². The van der Waals surface area contributed by atoms with E-state index < -0.39 is 90.1 Å². The summed E-state index contributed by atoms with van der Waals surface area (Å²) in [6.07, 6.45) is -1.16. The van der Waals surface area contributed by atoms with E-state index in [2.05, 4.69) is 6.92 Å². The molecular weight excluding hydrogens is 688 g/mol. The molecule has 13 heteroatoms. The van der Waals surface area contributed by atoms with Crippen LogP contribution in [0.4, 0.5) is 0 Å². The molecule has 3 aliphatic heterocycles. The van der Waals surface area contributed by atoms with Crippen molar-refractivity contribution in [2.45, 2.75) is 185 Å². The monoisotopic (exact) mass is 750 g/mol. The number of epoxide rings is 1. The number of ether oxygens (including phenoxy) is 8. The Hall–Kier alpha value is -1.52. The van der Waals surface area contributed by atoms with Gasteiger partial charge in [0, 0.05) is 43.5 Å². The lowest BCUT2D eigenvalue weighted by molar-refractivity contribution is -0.343. The van der Waals surface area contributed by atoms with E-state index in [-0.39, 0.29) is 35.1 Å². The lowest BCUT2D eigenvalue weighted by atomic mass is 9.43. The van der Waals surface area contributed by atoms with E-state index in [9.17, 15) is 24.9 Å². The number of hydrogen-bond acceptors (Lipinski definition) is 13. The first-order valence-corrected chi connectivity index (χ1v) is 19.8. The van der Waals surface area contributed by atoms with Crippen molar-refractivity contribution in [2.75, 3.05) is 14.2 Å². The molecule has 0 amide bonds. The van der Waals surface area contributed by atoms with Gasteiger partial charge in [0.1, 0.15) is 53.6 Å². The van der Waals surface area contributed by atoms with E-state index >= 15 is 0 Å². The summed E-state index contributed by atoms with van der Waals surface area (Å²) in [7, 11) is 3.05. The standard InChI is InChI=1S/C40H62O13/c1-10-19(2)35(45)51-32-33-37(6)14-12-24(17-23(37)11-15-39(33)40(53-39)16-13-25(20(3)41)38(40,7)34(32)44)50-27-18-26(46-8)30(22(5)48-27)52-36-29(43)31(47-9)28(42)21(4)49-36/h10,21-34,36,42-44H,11-18H2,1-9H3/b19-10+/t21?,22?,23?,24-,25+,26?,27?,28?,29?,30?,31?,32-,33?,34+,36?,37-,38-,39?,40?/m0/s1. The predicted molar refractivity (Wildman–Crippen MR) is 188 cm³/mol. The molecular formula is C40H62O13. The molecule has 4 aliphatic carbocycles. The molecule has 53 heavy (non-hydrogen) atoms. The fourth-order valence-electron chi connectivity index (χ4n) is 12.3. The molecule has 3 N–H and O–H groups in total. The zero-order valence-electron chi connectivity index (χ0n) is 32.8. The van der Waals surface area contributed by atoms with Crippen molar-refractivity contribution in [2.24, 2.45) is 28.6 Å². The second-order valence-electron chi connectivity index (χ2n) is 17.6. The highest BCUT2D eigenvalue weighted by Crippen LogP contribution is 2.81. The Kier molecular flexibility index (Phi) is 10.6. The molecule has 7 fully saturated rings. The van der Waals surface area contributed by atoms with Crippen molar-refractivity contribution in [3.63, 3.8) is 0 Å². The second kappa shape index (κ2) is 14.1. The Morgan fingerprint density at radius 1 is 0.830 bits per heavy atom. The number of hydrogen-bond donors (Lipinski definition) is 3. The summed E-state index contributed by atoms with van der Waals surface area (Å²) in [6, 6.07) is 0. The normalized spacial score (nSPS) is 53.5. The van der Waals surface area contributed by atoms with E-state index in [0.29, 0.717) is 24.8 Å². The molecule has 13 nitrogen and oxygen atoms in total. The minimum atomic E-state index is -1.20. The maximum Gasteiger partial charge on any atom is 0.333 e. The van der Waals surface area contributed by atoms with E-state index in [4.69, 9.17) is 37.9 Å². The van der Waals surface area contributed by atoms with Gasteiger partial charge in [-0.15, -0.1) is 0 Å². The van der Waals surface area contributed by atoms with Gasteiger partial charge in [0.2, 0.25) is 0 Å². The van der Waals surface area contributed by atoms with Crippen LogP contribution in [0.1, 0.15) is 99.8 Å². The lowest BCUT2D eigenvalue weighted by Crippen LogP contribution is -2.70. The number of methoxy groups -OCH3 is 2. The summed E-state index contributed by atoms with van der Waals surface area (Å²) in [5.41, 5.74) is -1.88. The number of allylic oxidation sites excluding steroid dienone is 1. The molecule has 0 radical (unpaired) electrons. The van der Waals surface area contributed by atoms with Crippen LogP contribution in [0.5, 0.6) is 0 Å². The van der Waals surface area contributed by atoms with Crippen molar-refractivity contribution in [3.05, 3.63) is 11.6 Å². The molecule has 3 saturated heterocycles. The van der Waals surface area contributed by atoms with Crippen LogP contribution in [0.25, 0.3) is 0 Å². The van der Waals surface area contributed by atoms with Gasteiger partial charge in [-0.25, -0.2) is 4.79 Å². The van der Waals surface area contributed by atoms with Crippen molar-refractivity contribution in [1.29, 1.82) is 0 Å². The number of aliphatic hydroxyl groups excluding tert-OH is 3. The Morgan fingerprint density at radius 2 is 1.57 bits per heavy atom.